The average molecular weight is 366 g/mol. The molecule has 2 aromatic rings. The lowest BCUT2D eigenvalue weighted by Crippen LogP contribution is -2.30. The van der Waals surface area contributed by atoms with E-state index in [0.29, 0.717) is 24.8 Å². The monoisotopic (exact) mass is 366 g/mol. The van der Waals surface area contributed by atoms with Gasteiger partial charge in [-0.3, -0.25) is 9.59 Å². The highest BCUT2D eigenvalue weighted by molar-refractivity contribution is 5.96. The predicted octanol–water partition coefficient (Wildman–Crippen LogP) is 3.82. The van der Waals surface area contributed by atoms with Gasteiger partial charge in [-0.15, -0.1) is 0 Å². The molecule has 0 radical (unpaired) electrons. The summed E-state index contributed by atoms with van der Waals surface area (Å²) in [5.74, 6) is 0.761. The maximum Gasteiger partial charge on any atom is 0.220 e. The third-order valence-electron chi connectivity index (χ3n) is 5.04. The number of amides is 1. The largest absolute Gasteiger partial charge is 0.497 e. The number of aryl methyl sites for hydroxylation is 1. The SMILES string of the molecule is COc1ccc(C(=O)CCCC(=O)NC2CCCc3cc(N)ccc32)cc1. The van der Waals surface area contributed by atoms with Crippen molar-refractivity contribution in [2.75, 3.05) is 12.8 Å². The Kier molecular flexibility index (Phi) is 6.12. The number of carbonyl (C=O) groups excluding carboxylic acids is 2. The minimum absolute atomic E-state index is 0.00722. The number of fused-ring (bicyclic) bond motifs is 1. The molecule has 142 valence electrons. The summed E-state index contributed by atoms with van der Waals surface area (Å²) in [7, 11) is 1.59. The van der Waals surface area contributed by atoms with Crippen LogP contribution in [0.1, 0.15) is 59.6 Å². The van der Waals surface area contributed by atoms with Gasteiger partial charge in [0.1, 0.15) is 5.75 Å². The summed E-state index contributed by atoms with van der Waals surface area (Å²) in [4.78, 5) is 24.6. The van der Waals surface area contributed by atoms with Gasteiger partial charge in [0.15, 0.2) is 5.78 Å². The van der Waals surface area contributed by atoms with Gasteiger partial charge < -0.3 is 15.8 Å². The number of nitrogens with two attached hydrogens (primary N) is 1. The molecule has 0 aromatic heterocycles. The summed E-state index contributed by atoms with van der Waals surface area (Å²) in [5, 5.41) is 3.12. The van der Waals surface area contributed by atoms with Crippen LogP contribution in [-0.4, -0.2) is 18.8 Å². The lowest BCUT2D eigenvalue weighted by atomic mass is 9.87. The zero-order valence-electron chi connectivity index (χ0n) is 15.7. The van der Waals surface area contributed by atoms with Gasteiger partial charge in [0.05, 0.1) is 13.2 Å². The minimum Gasteiger partial charge on any atom is -0.497 e. The van der Waals surface area contributed by atoms with E-state index in [1.54, 1.807) is 31.4 Å². The van der Waals surface area contributed by atoms with E-state index in [0.717, 1.165) is 36.3 Å². The summed E-state index contributed by atoms with van der Waals surface area (Å²) >= 11 is 0. The van der Waals surface area contributed by atoms with Gasteiger partial charge in [-0.05, 0) is 73.2 Å². The van der Waals surface area contributed by atoms with Gasteiger partial charge in [-0.2, -0.15) is 0 Å². The molecule has 1 aliphatic carbocycles. The molecule has 1 atom stereocenters. The van der Waals surface area contributed by atoms with Gasteiger partial charge in [-0.1, -0.05) is 6.07 Å². The number of hydrogen-bond acceptors (Lipinski definition) is 4. The van der Waals surface area contributed by atoms with E-state index in [2.05, 4.69) is 5.32 Å². The number of Topliss-reactive ketones (excluding diaryl/α,β-unsaturated/α-hetero) is 1. The van der Waals surface area contributed by atoms with Crippen molar-refractivity contribution >= 4 is 17.4 Å². The van der Waals surface area contributed by atoms with E-state index in [1.807, 2.05) is 18.2 Å². The molecule has 1 amide bonds. The van der Waals surface area contributed by atoms with Crippen LogP contribution in [0.15, 0.2) is 42.5 Å². The number of nitrogens with one attached hydrogen (secondary N) is 1. The Hall–Kier alpha value is -2.82. The Morgan fingerprint density at radius 3 is 2.67 bits per heavy atom. The highest BCUT2D eigenvalue weighted by Gasteiger charge is 2.21. The molecule has 1 unspecified atom stereocenters. The predicted molar refractivity (Wildman–Crippen MR) is 106 cm³/mol. The molecule has 0 saturated carbocycles. The number of hydrogen-bond donors (Lipinski definition) is 2. The van der Waals surface area contributed by atoms with Crippen LogP contribution >= 0.6 is 0 Å². The zero-order chi connectivity index (χ0) is 19.2. The molecule has 0 fully saturated rings. The molecule has 0 spiro atoms. The van der Waals surface area contributed by atoms with Gasteiger partial charge in [0.2, 0.25) is 5.91 Å². The summed E-state index contributed by atoms with van der Waals surface area (Å²) in [6, 6.07) is 13.0. The Morgan fingerprint density at radius 2 is 1.93 bits per heavy atom. The Morgan fingerprint density at radius 1 is 1.15 bits per heavy atom. The maximum atomic E-state index is 12.3. The molecule has 2 aromatic carbocycles. The van der Waals surface area contributed by atoms with Gasteiger partial charge in [-0.25, -0.2) is 0 Å². The summed E-state index contributed by atoms with van der Waals surface area (Å²) in [5.41, 5.74) is 9.66. The first-order valence-corrected chi connectivity index (χ1v) is 9.41. The van der Waals surface area contributed by atoms with Crippen LogP contribution in [0.2, 0.25) is 0 Å². The van der Waals surface area contributed by atoms with Crippen LogP contribution < -0.4 is 15.8 Å². The number of ketones is 1. The summed E-state index contributed by atoms with van der Waals surface area (Å²) in [6.45, 7) is 0. The molecule has 5 heteroatoms. The third-order valence-corrected chi connectivity index (χ3v) is 5.04. The number of nitrogen functional groups attached to an aromatic ring is 1. The van der Waals surface area contributed by atoms with Crippen molar-refractivity contribution in [1.29, 1.82) is 0 Å². The normalized spacial score (nSPS) is 15.7. The van der Waals surface area contributed by atoms with E-state index in [4.69, 9.17) is 10.5 Å². The molecule has 27 heavy (non-hydrogen) atoms. The van der Waals surface area contributed by atoms with Gasteiger partial charge in [0.25, 0.3) is 0 Å². The molecular weight excluding hydrogens is 340 g/mol. The summed E-state index contributed by atoms with van der Waals surface area (Å²) < 4.78 is 5.09. The van der Waals surface area contributed by atoms with Crippen LogP contribution in [0.4, 0.5) is 5.69 Å². The fraction of sp³-hybridized carbons (Fsp3) is 0.364. The van der Waals surface area contributed by atoms with Crippen LogP contribution in [-0.2, 0) is 11.2 Å². The Labute approximate surface area is 159 Å². The second-order valence-corrected chi connectivity index (χ2v) is 6.98. The number of methoxy groups -OCH3 is 1. The van der Waals surface area contributed by atoms with Crippen LogP contribution in [0.5, 0.6) is 5.75 Å². The number of benzene rings is 2. The number of rotatable bonds is 7. The Balaban J connectivity index is 1.48. The second kappa shape index (κ2) is 8.71. The first kappa shape index (κ1) is 19.0. The topological polar surface area (TPSA) is 81.4 Å². The average Bonchev–Trinajstić information content (AvgIpc) is 2.68. The van der Waals surface area contributed by atoms with Crippen molar-refractivity contribution in [3.05, 3.63) is 59.2 Å². The van der Waals surface area contributed by atoms with E-state index in [1.165, 1.54) is 5.56 Å². The molecule has 5 nitrogen and oxygen atoms in total. The number of anilines is 1. The molecule has 1 aliphatic rings. The molecule has 3 rings (SSSR count). The maximum absolute atomic E-state index is 12.3. The number of carbonyl (C=O) groups is 2. The smallest absolute Gasteiger partial charge is 0.220 e. The fourth-order valence-corrected chi connectivity index (χ4v) is 3.58. The molecule has 3 N–H and O–H groups in total. The van der Waals surface area contributed by atoms with Crippen molar-refractivity contribution in [2.45, 2.75) is 44.6 Å². The fourth-order valence-electron chi connectivity index (χ4n) is 3.58. The highest BCUT2D eigenvalue weighted by Crippen LogP contribution is 2.31. The lowest BCUT2D eigenvalue weighted by molar-refractivity contribution is -0.122. The van der Waals surface area contributed by atoms with E-state index < -0.39 is 0 Å². The van der Waals surface area contributed by atoms with E-state index in [-0.39, 0.29) is 17.7 Å². The molecule has 0 heterocycles. The third kappa shape index (κ3) is 4.88. The van der Waals surface area contributed by atoms with Crippen molar-refractivity contribution in [1.82, 2.24) is 5.32 Å². The molecule has 0 aliphatic heterocycles. The number of ether oxygens (including phenoxy) is 1. The minimum atomic E-state index is -0.00722. The van der Waals surface area contributed by atoms with Crippen molar-refractivity contribution in [3.8, 4) is 5.75 Å². The summed E-state index contributed by atoms with van der Waals surface area (Å²) in [6.07, 6.45) is 4.23. The van der Waals surface area contributed by atoms with Crippen LogP contribution in [0.25, 0.3) is 0 Å². The zero-order valence-corrected chi connectivity index (χ0v) is 15.7. The van der Waals surface area contributed by atoms with Crippen LogP contribution in [0.3, 0.4) is 0 Å². The van der Waals surface area contributed by atoms with E-state index in [9.17, 15) is 9.59 Å². The van der Waals surface area contributed by atoms with E-state index >= 15 is 0 Å². The first-order chi connectivity index (χ1) is 13.1. The quantitative estimate of drug-likeness (QED) is 0.576. The molecule has 0 bridgehead atoms. The first-order valence-electron chi connectivity index (χ1n) is 9.41. The second-order valence-electron chi connectivity index (χ2n) is 6.98. The lowest BCUT2D eigenvalue weighted by Gasteiger charge is -2.26. The van der Waals surface area contributed by atoms with Crippen molar-refractivity contribution in [2.24, 2.45) is 0 Å². The molecular formula is C22H26N2O3. The van der Waals surface area contributed by atoms with Gasteiger partial charge in [0, 0.05) is 24.1 Å². The molecule has 0 saturated heterocycles. The standard InChI is InChI=1S/C22H26N2O3/c1-27-18-11-8-15(9-12-18)21(25)6-3-7-22(26)24-20-5-2-4-16-14-17(23)10-13-19(16)20/h8-14,20H,2-7,23H2,1H3,(H,24,26). The van der Waals surface area contributed by atoms with Crippen molar-refractivity contribution < 1.29 is 14.3 Å². The van der Waals surface area contributed by atoms with Crippen LogP contribution in [0, 0.1) is 0 Å². The highest BCUT2D eigenvalue weighted by atomic mass is 16.5. The van der Waals surface area contributed by atoms with Gasteiger partial charge >= 0.3 is 0 Å². The van der Waals surface area contributed by atoms with Crippen molar-refractivity contribution in [3.63, 3.8) is 0 Å². The Bertz CT molecular complexity index is 815.